The zero-order valence-electron chi connectivity index (χ0n) is 12.7. The summed E-state index contributed by atoms with van der Waals surface area (Å²) in [4.78, 5) is 8.53. The summed E-state index contributed by atoms with van der Waals surface area (Å²) in [5, 5.41) is 7.23. The lowest BCUT2D eigenvalue weighted by Crippen LogP contribution is -2.05. The molecule has 3 rings (SSSR count). The van der Waals surface area contributed by atoms with Crippen LogP contribution in [0.15, 0.2) is 36.7 Å². The molecule has 23 heavy (non-hydrogen) atoms. The molecule has 0 saturated carbocycles. The van der Waals surface area contributed by atoms with Crippen molar-refractivity contribution in [3.8, 4) is 11.3 Å². The molecule has 0 bridgehead atoms. The van der Waals surface area contributed by atoms with Gasteiger partial charge in [-0.3, -0.25) is 4.68 Å². The van der Waals surface area contributed by atoms with E-state index in [1.165, 1.54) is 12.1 Å². The number of anilines is 1. The molecule has 118 valence electrons. The summed E-state index contributed by atoms with van der Waals surface area (Å²) in [6.45, 7) is 2.07. The first-order valence-corrected chi connectivity index (χ1v) is 7.04. The van der Waals surface area contributed by atoms with E-state index in [-0.39, 0.29) is 6.54 Å². The van der Waals surface area contributed by atoms with Crippen molar-refractivity contribution < 1.29 is 8.78 Å². The van der Waals surface area contributed by atoms with Crippen LogP contribution in [0.2, 0.25) is 0 Å². The number of hydrogen-bond donors (Lipinski definition) is 1. The van der Waals surface area contributed by atoms with Gasteiger partial charge in [0.1, 0.15) is 11.6 Å². The Morgan fingerprint density at radius 3 is 2.74 bits per heavy atom. The zero-order chi connectivity index (χ0) is 16.4. The van der Waals surface area contributed by atoms with Crippen LogP contribution < -0.4 is 5.32 Å². The molecule has 0 atom stereocenters. The summed E-state index contributed by atoms with van der Waals surface area (Å²) in [5.74, 6) is -0.831. The lowest BCUT2D eigenvalue weighted by atomic mass is 10.2. The molecule has 1 aromatic carbocycles. The SMILES string of the molecule is Cc1nn(C)cc1-c1ccnc(NCc2ccc(F)cc2F)n1. The van der Waals surface area contributed by atoms with Crippen molar-refractivity contribution in [2.24, 2.45) is 7.05 Å². The predicted molar refractivity (Wildman–Crippen MR) is 82.7 cm³/mol. The minimum Gasteiger partial charge on any atom is -0.350 e. The van der Waals surface area contributed by atoms with Gasteiger partial charge in [0.25, 0.3) is 0 Å². The Kier molecular flexibility index (Phi) is 4.01. The van der Waals surface area contributed by atoms with Crippen LogP contribution >= 0.6 is 0 Å². The maximum absolute atomic E-state index is 13.6. The second-order valence-corrected chi connectivity index (χ2v) is 5.16. The molecule has 0 spiro atoms. The van der Waals surface area contributed by atoms with E-state index < -0.39 is 11.6 Å². The monoisotopic (exact) mass is 315 g/mol. The van der Waals surface area contributed by atoms with Crippen LogP contribution in [0.3, 0.4) is 0 Å². The Bertz CT molecular complexity index is 844. The van der Waals surface area contributed by atoms with Crippen LogP contribution in [0.5, 0.6) is 0 Å². The first-order valence-electron chi connectivity index (χ1n) is 7.04. The van der Waals surface area contributed by atoms with Gasteiger partial charge in [0.05, 0.1) is 11.4 Å². The zero-order valence-corrected chi connectivity index (χ0v) is 12.7. The van der Waals surface area contributed by atoms with Gasteiger partial charge in [0.15, 0.2) is 0 Å². The fourth-order valence-corrected chi connectivity index (χ4v) is 2.28. The maximum Gasteiger partial charge on any atom is 0.223 e. The number of nitrogens with one attached hydrogen (secondary N) is 1. The van der Waals surface area contributed by atoms with Crippen molar-refractivity contribution in [3.05, 3.63) is 59.6 Å². The van der Waals surface area contributed by atoms with Crippen molar-refractivity contribution in [1.82, 2.24) is 19.7 Å². The molecule has 0 aliphatic heterocycles. The van der Waals surface area contributed by atoms with Crippen LogP contribution in [0, 0.1) is 18.6 Å². The number of nitrogens with zero attached hydrogens (tertiary/aromatic N) is 4. The van der Waals surface area contributed by atoms with Crippen LogP contribution in [0.4, 0.5) is 14.7 Å². The molecule has 0 amide bonds. The van der Waals surface area contributed by atoms with Gasteiger partial charge in [0, 0.05) is 43.2 Å². The number of rotatable bonds is 4. The van der Waals surface area contributed by atoms with Crippen molar-refractivity contribution in [2.75, 3.05) is 5.32 Å². The van der Waals surface area contributed by atoms with Crippen molar-refractivity contribution in [2.45, 2.75) is 13.5 Å². The first-order chi connectivity index (χ1) is 11.0. The highest BCUT2D eigenvalue weighted by molar-refractivity contribution is 5.61. The fourth-order valence-electron chi connectivity index (χ4n) is 2.28. The minimum atomic E-state index is -0.600. The molecular formula is C16H15F2N5. The summed E-state index contributed by atoms with van der Waals surface area (Å²) in [5.41, 5.74) is 2.85. The van der Waals surface area contributed by atoms with Gasteiger partial charge >= 0.3 is 0 Å². The fraction of sp³-hybridized carbons (Fsp3) is 0.188. The van der Waals surface area contributed by atoms with Gasteiger partial charge in [-0.2, -0.15) is 5.10 Å². The molecule has 0 saturated heterocycles. The largest absolute Gasteiger partial charge is 0.350 e. The summed E-state index contributed by atoms with van der Waals surface area (Å²) in [6, 6.07) is 5.25. The Labute approximate surface area is 132 Å². The maximum atomic E-state index is 13.6. The average molecular weight is 315 g/mol. The second kappa shape index (κ2) is 6.12. The standard InChI is InChI=1S/C16H15F2N5/c1-10-13(9-23(2)22-10)15-5-6-19-16(21-15)20-8-11-3-4-12(17)7-14(11)18/h3-7,9H,8H2,1-2H3,(H,19,20,21). The Morgan fingerprint density at radius 2 is 2.04 bits per heavy atom. The third-order valence-electron chi connectivity index (χ3n) is 3.40. The predicted octanol–water partition coefficient (Wildman–Crippen LogP) is 3.08. The van der Waals surface area contributed by atoms with E-state index in [0.717, 1.165) is 23.0 Å². The van der Waals surface area contributed by atoms with Crippen LogP contribution in [0.1, 0.15) is 11.3 Å². The number of aryl methyl sites for hydroxylation is 2. The van der Waals surface area contributed by atoms with E-state index in [0.29, 0.717) is 11.5 Å². The molecule has 0 fully saturated rings. The third kappa shape index (κ3) is 3.33. The molecule has 7 heteroatoms. The highest BCUT2D eigenvalue weighted by Crippen LogP contribution is 2.20. The van der Waals surface area contributed by atoms with Crippen LogP contribution in [0.25, 0.3) is 11.3 Å². The van der Waals surface area contributed by atoms with Crippen molar-refractivity contribution in [1.29, 1.82) is 0 Å². The van der Waals surface area contributed by atoms with E-state index in [4.69, 9.17) is 0 Å². The summed E-state index contributed by atoms with van der Waals surface area (Å²) < 4.78 is 28.2. The molecule has 2 heterocycles. The van der Waals surface area contributed by atoms with Crippen LogP contribution in [-0.4, -0.2) is 19.7 Å². The van der Waals surface area contributed by atoms with E-state index in [9.17, 15) is 8.78 Å². The molecule has 3 aromatic rings. The Hall–Kier alpha value is -2.83. The molecule has 0 unspecified atom stereocenters. The van der Waals surface area contributed by atoms with Gasteiger partial charge in [-0.25, -0.2) is 18.7 Å². The minimum absolute atomic E-state index is 0.168. The quantitative estimate of drug-likeness (QED) is 0.804. The lowest BCUT2D eigenvalue weighted by Gasteiger charge is -2.07. The Balaban J connectivity index is 1.79. The number of halogens is 2. The summed E-state index contributed by atoms with van der Waals surface area (Å²) in [7, 11) is 1.84. The third-order valence-corrected chi connectivity index (χ3v) is 3.40. The van der Waals surface area contributed by atoms with Crippen molar-refractivity contribution in [3.63, 3.8) is 0 Å². The molecular weight excluding hydrogens is 300 g/mol. The van der Waals surface area contributed by atoms with E-state index in [1.54, 1.807) is 16.9 Å². The van der Waals surface area contributed by atoms with Gasteiger partial charge in [-0.15, -0.1) is 0 Å². The molecule has 1 N–H and O–H groups in total. The molecule has 0 aliphatic carbocycles. The lowest BCUT2D eigenvalue weighted by molar-refractivity contribution is 0.574. The van der Waals surface area contributed by atoms with Crippen LogP contribution in [-0.2, 0) is 13.6 Å². The molecule has 2 aromatic heterocycles. The van der Waals surface area contributed by atoms with Crippen molar-refractivity contribution >= 4 is 5.95 Å². The van der Waals surface area contributed by atoms with Gasteiger partial charge < -0.3 is 5.32 Å². The smallest absolute Gasteiger partial charge is 0.223 e. The van der Waals surface area contributed by atoms with E-state index >= 15 is 0 Å². The number of benzene rings is 1. The normalized spacial score (nSPS) is 10.8. The molecule has 0 radical (unpaired) electrons. The van der Waals surface area contributed by atoms with Gasteiger partial charge in [0.2, 0.25) is 5.95 Å². The summed E-state index contributed by atoms with van der Waals surface area (Å²) >= 11 is 0. The average Bonchev–Trinajstić information content (AvgIpc) is 2.85. The summed E-state index contributed by atoms with van der Waals surface area (Å²) in [6.07, 6.45) is 3.50. The topological polar surface area (TPSA) is 55.6 Å². The molecule has 5 nitrogen and oxygen atoms in total. The second-order valence-electron chi connectivity index (χ2n) is 5.16. The molecule has 0 aliphatic rings. The highest BCUT2D eigenvalue weighted by Gasteiger charge is 2.09. The Morgan fingerprint density at radius 1 is 1.22 bits per heavy atom. The van der Waals surface area contributed by atoms with Gasteiger partial charge in [-0.05, 0) is 19.1 Å². The number of hydrogen-bond acceptors (Lipinski definition) is 4. The number of aromatic nitrogens is 4. The van der Waals surface area contributed by atoms with E-state index in [2.05, 4.69) is 20.4 Å². The van der Waals surface area contributed by atoms with Gasteiger partial charge in [-0.1, -0.05) is 6.07 Å². The highest BCUT2D eigenvalue weighted by atomic mass is 19.1. The first kappa shape index (κ1) is 15.1. The van der Waals surface area contributed by atoms with E-state index in [1.807, 2.05) is 20.2 Å².